The first-order valence-electron chi connectivity index (χ1n) is 6.32. The molecule has 4 heteroatoms. The summed E-state index contributed by atoms with van der Waals surface area (Å²) in [5, 5.41) is 1.08. The Morgan fingerprint density at radius 2 is 1.94 bits per heavy atom. The van der Waals surface area contributed by atoms with Crippen LogP contribution in [0.3, 0.4) is 0 Å². The van der Waals surface area contributed by atoms with Crippen LogP contribution in [0.5, 0.6) is 0 Å². The van der Waals surface area contributed by atoms with Gasteiger partial charge in [0.05, 0.1) is 5.69 Å². The van der Waals surface area contributed by atoms with Crippen molar-refractivity contribution in [2.75, 3.05) is 6.61 Å². The quantitative estimate of drug-likeness (QED) is 0.848. The Labute approximate surface area is 108 Å². The minimum atomic E-state index is 0.0998. The van der Waals surface area contributed by atoms with Gasteiger partial charge in [0.2, 0.25) is 0 Å². The van der Waals surface area contributed by atoms with Crippen LogP contribution in [-0.2, 0) is 11.3 Å². The zero-order chi connectivity index (χ0) is 13.0. The number of ether oxygens (including phenoxy) is 1. The highest BCUT2D eigenvalue weighted by Gasteiger charge is 2.22. The number of nitrogens with two attached hydrogens (primary N) is 1. The van der Waals surface area contributed by atoms with Gasteiger partial charge in [-0.05, 0) is 18.8 Å². The predicted molar refractivity (Wildman–Crippen MR) is 73.3 cm³/mol. The molecule has 1 unspecified atom stereocenters. The fourth-order valence-electron chi connectivity index (χ4n) is 1.83. The highest BCUT2D eigenvalue weighted by atomic mass is 32.1. The standard InChI is InChI=1S/C13H24N2OS/c1-6-16-12(9(4)5)13-15-11(8(2)3)10(7-14)17-13/h8-9,12H,6-7,14H2,1-5H3. The smallest absolute Gasteiger partial charge is 0.122 e. The number of hydrogen-bond donors (Lipinski definition) is 1. The average Bonchev–Trinajstić information content (AvgIpc) is 2.69. The molecule has 0 radical (unpaired) electrons. The summed E-state index contributed by atoms with van der Waals surface area (Å²) in [5.74, 6) is 0.861. The molecule has 0 aromatic carbocycles. The summed E-state index contributed by atoms with van der Waals surface area (Å²) in [7, 11) is 0. The molecule has 2 N–H and O–H groups in total. The van der Waals surface area contributed by atoms with Gasteiger partial charge in [0, 0.05) is 18.0 Å². The highest BCUT2D eigenvalue weighted by molar-refractivity contribution is 7.11. The molecule has 17 heavy (non-hydrogen) atoms. The molecule has 0 aliphatic carbocycles. The maximum absolute atomic E-state index is 5.79. The number of rotatable bonds is 6. The van der Waals surface area contributed by atoms with Crippen LogP contribution in [0.4, 0.5) is 0 Å². The van der Waals surface area contributed by atoms with E-state index in [0.717, 1.165) is 17.3 Å². The fraction of sp³-hybridized carbons (Fsp3) is 0.769. The first-order valence-corrected chi connectivity index (χ1v) is 7.14. The van der Waals surface area contributed by atoms with Crippen molar-refractivity contribution < 1.29 is 4.74 Å². The molecule has 0 fully saturated rings. The second-order valence-electron chi connectivity index (χ2n) is 4.84. The van der Waals surface area contributed by atoms with Gasteiger partial charge in [-0.3, -0.25) is 0 Å². The highest BCUT2D eigenvalue weighted by Crippen LogP contribution is 2.33. The first-order chi connectivity index (χ1) is 8.01. The van der Waals surface area contributed by atoms with Crippen LogP contribution in [0.1, 0.15) is 62.2 Å². The summed E-state index contributed by atoms with van der Waals surface area (Å²) in [6, 6.07) is 0. The maximum atomic E-state index is 5.79. The average molecular weight is 256 g/mol. The third-order valence-corrected chi connectivity index (χ3v) is 3.83. The molecule has 1 rings (SSSR count). The molecule has 0 aliphatic rings. The number of thiazole rings is 1. The molecular weight excluding hydrogens is 232 g/mol. The van der Waals surface area contributed by atoms with Crippen molar-refractivity contribution in [2.45, 2.75) is 53.2 Å². The first kappa shape index (κ1) is 14.6. The van der Waals surface area contributed by atoms with Gasteiger partial charge < -0.3 is 10.5 Å². The lowest BCUT2D eigenvalue weighted by Crippen LogP contribution is -2.11. The summed E-state index contributed by atoms with van der Waals surface area (Å²) < 4.78 is 5.79. The Hall–Kier alpha value is -0.450. The lowest BCUT2D eigenvalue weighted by Gasteiger charge is -2.18. The summed E-state index contributed by atoms with van der Waals surface area (Å²) in [5.41, 5.74) is 6.92. The molecule has 1 heterocycles. The van der Waals surface area contributed by atoms with E-state index in [4.69, 9.17) is 15.5 Å². The second-order valence-corrected chi connectivity index (χ2v) is 5.95. The largest absolute Gasteiger partial charge is 0.371 e. The van der Waals surface area contributed by atoms with Crippen molar-refractivity contribution in [3.8, 4) is 0 Å². The molecule has 0 saturated carbocycles. The third-order valence-electron chi connectivity index (χ3n) is 2.67. The Kier molecular flexibility index (Phi) is 5.56. The van der Waals surface area contributed by atoms with E-state index in [2.05, 4.69) is 27.7 Å². The van der Waals surface area contributed by atoms with Gasteiger partial charge in [-0.25, -0.2) is 4.98 Å². The van der Waals surface area contributed by atoms with E-state index >= 15 is 0 Å². The molecule has 0 saturated heterocycles. The fourth-order valence-corrected chi connectivity index (χ4v) is 3.15. The van der Waals surface area contributed by atoms with E-state index in [-0.39, 0.29) is 6.10 Å². The number of aromatic nitrogens is 1. The third kappa shape index (κ3) is 3.50. The Morgan fingerprint density at radius 1 is 1.29 bits per heavy atom. The molecule has 0 aliphatic heterocycles. The van der Waals surface area contributed by atoms with Crippen molar-refractivity contribution >= 4 is 11.3 Å². The van der Waals surface area contributed by atoms with E-state index in [0.29, 0.717) is 18.4 Å². The van der Waals surface area contributed by atoms with Crippen LogP contribution >= 0.6 is 11.3 Å². The SMILES string of the molecule is CCOC(c1nc(C(C)C)c(CN)s1)C(C)C. The number of nitrogens with zero attached hydrogens (tertiary/aromatic N) is 1. The second kappa shape index (κ2) is 6.47. The van der Waals surface area contributed by atoms with Crippen molar-refractivity contribution in [3.05, 3.63) is 15.6 Å². The summed E-state index contributed by atoms with van der Waals surface area (Å²) in [6.07, 6.45) is 0.0998. The molecular formula is C13H24N2OS. The van der Waals surface area contributed by atoms with E-state index in [1.807, 2.05) is 6.92 Å². The minimum Gasteiger partial charge on any atom is -0.371 e. The Bertz CT molecular complexity index is 347. The van der Waals surface area contributed by atoms with Crippen molar-refractivity contribution in [1.29, 1.82) is 0 Å². The van der Waals surface area contributed by atoms with E-state index in [1.54, 1.807) is 11.3 Å². The van der Waals surface area contributed by atoms with E-state index in [9.17, 15) is 0 Å². The molecule has 1 atom stereocenters. The molecule has 1 aromatic heterocycles. The normalized spacial score (nSPS) is 13.6. The molecule has 3 nitrogen and oxygen atoms in total. The van der Waals surface area contributed by atoms with Gasteiger partial charge in [0.1, 0.15) is 11.1 Å². The van der Waals surface area contributed by atoms with Crippen LogP contribution < -0.4 is 5.73 Å². The number of hydrogen-bond acceptors (Lipinski definition) is 4. The monoisotopic (exact) mass is 256 g/mol. The Morgan fingerprint density at radius 3 is 2.29 bits per heavy atom. The zero-order valence-electron chi connectivity index (χ0n) is 11.5. The van der Waals surface area contributed by atoms with Crippen LogP contribution in [0.25, 0.3) is 0 Å². The topological polar surface area (TPSA) is 48.1 Å². The summed E-state index contributed by atoms with van der Waals surface area (Å²) in [4.78, 5) is 5.93. The molecule has 0 amide bonds. The predicted octanol–water partition coefficient (Wildman–Crippen LogP) is 3.46. The molecule has 0 spiro atoms. The lowest BCUT2D eigenvalue weighted by molar-refractivity contribution is 0.0292. The van der Waals surface area contributed by atoms with Gasteiger partial charge >= 0.3 is 0 Å². The van der Waals surface area contributed by atoms with E-state index in [1.165, 1.54) is 4.88 Å². The summed E-state index contributed by atoms with van der Waals surface area (Å²) in [6.45, 7) is 12.0. The van der Waals surface area contributed by atoms with Crippen LogP contribution in [0, 0.1) is 5.92 Å². The van der Waals surface area contributed by atoms with Crippen molar-refractivity contribution in [2.24, 2.45) is 11.7 Å². The van der Waals surface area contributed by atoms with Crippen LogP contribution in [-0.4, -0.2) is 11.6 Å². The van der Waals surface area contributed by atoms with Gasteiger partial charge in [0.25, 0.3) is 0 Å². The van der Waals surface area contributed by atoms with Gasteiger partial charge in [-0.15, -0.1) is 11.3 Å². The van der Waals surface area contributed by atoms with Crippen LogP contribution in [0.15, 0.2) is 0 Å². The van der Waals surface area contributed by atoms with Crippen molar-refractivity contribution in [1.82, 2.24) is 4.98 Å². The molecule has 0 bridgehead atoms. The maximum Gasteiger partial charge on any atom is 0.122 e. The van der Waals surface area contributed by atoms with Crippen LogP contribution in [0.2, 0.25) is 0 Å². The van der Waals surface area contributed by atoms with E-state index < -0.39 is 0 Å². The minimum absolute atomic E-state index is 0.0998. The molecule has 98 valence electrons. The van der Waals surface area contributed by atoms with Gasteiger partial charge in [-0.2, -0.15) is 0 Å². The summed E-state index contributed by atoms with van der Waals surface area (Å²) >= 11 is 1.70. The zero-order valence-corrected chi connectivity index (χ0v) is 12.3. The molecule has 1 aromatic rings. The lowest BCUT2D eigenvalue weighted by atomic mass is 10.1. The van der Waals surface area contributed by atoms with Crippen molar-refractivity contribution in [3.63, 3.8) is 0 Å². The van der Waals surface area contributed by atoms with Gasteiger partial charge in [-0.1, -0.05) is 27.7 Å². The Balaban J connectivity index is 3.03. The van der Waals surface area contributed by atoms with Gasteiger partial charge in [0.15, 0.2) is 0 Å².